The first-order valence-electron chi connectivity index (χ1n) is 7.18. The van der Waals surface area contributed by atoms with Gasteiger partial charge < -0.3 is 19.9 Å². The molecule has 0 aliphatic carbocycles. The van der Waals surface area contributed by atoms with E-state index in [0.29, 0.717) is 11.7 Å². The highest BCUT2D eigenvalue weighted by Crippen LogP contribution is 2.32. The molecular weight excluding hydrogens is 254 g/mol. The first kappa shape index (κ1) is 16.8. The van der Waals surface area contributed by atoms with Crippen molar-refractivity contribution in [1.29, 1.82) is 0 Å². The molecule has 20 heavy (non-hydrogen) atoms. The molecule has 0 heterocycles. The van der Waals surface area contributed by atoms with E-state index in [1.54, 1.807) is 14.2 Å². The summed E-state index contributed by atoms with van der Waals surface area (Å²) < 4.78 is 10.6. The standard InChI is InChI=1S/C16H27NO3/c1-6-9-17-15(11(2)3)16(18)13-10-12(19-4)7-8-14(13)20-5/h7-8,10-11,15-18H,6,9H2,1-5H3. The molecule has 0 saturated heterocycles. The second kappa shape index (κ2) is 8.12. The Morgan fingerprint density at radius 3 is 2.40 bits per heavy atom. The second-order valence-electron chi connectivity index (χ2n) is 5.28. The third-order valence-corrected chi connectivity index (χ3v) is 3.44. The topological polar surface area (TPSA) is 50.7 Å². The summed E-state index contributed by atoms with van der Waals surface area (Å²) in [6.45, 7) is 7.20. The summed E-state index contributed by atoms with van der Waals surface area (Å²) >= 11 is 0. The minimum atomic E-state index is -0.633. The number of ether oxygens (including phenoxy) is 2. The van der Waals surface area contributed by atoms with Crippen LogP contribution >= 0.6 is 0 Å². The fraction of sp³-hybridized carbons (Fsp3) is 0.625. The van der Waals surface area contributed by atoms with Gasteiger partial charge in [0.05, 0.1) is 20.3 Å². The average molecular weight is 281 g/mol. The lowest BCUT2D eigenvalue weighted by Crippen LogP contribution is -2.39. The van der Waals surface area contributed by atoms with Crippen molar-refractivity contribution < 1.29 is 14.6 Å². The zero-order valence-corrected chi connectivity index (χ0v) is 13.1. The molecule has 2 atom stereocenters. The SMILES string of the molecule is CCCNC(C(C)C)C(O)c1cc(OC)ccc1OC. The van der Waals surface area contributed by atoms with Crippen LogP contribution in [0.4, 0.5) is 0 Å². The van der Waals surface area contributed by atoms with Crippen LogP contribution in [0.1, 0.15) is 38.9 Å². The van der Waals surface area contributed by atoms with Crippen molar-refractivity contribution >= 4 is 0 Å². The van der Waals surface area contributed by atoms with Gasteiger partial charge in [-0.1, -0.05) is 20.8 Å². The van der Waals surface area contributed by atoms with Gasteiger partial charge in [0.25, 0.3) is 0 Å². The number of hydrogen-bond donors (Lipinski definition) is 2. The lowest BCUT2D eigenvalue weighted by atomic mass is 9.92. The molecular formula is C16H27NO3. The van der Waals surface area contributed by atoms with Crippen LogP contribution in [-0.2, 0) is 0 Å². The van der Waals surface area contributed by atoms with Crippen LogP contribution in [0, 0.1) is 5.92 Å². The van der Waals surface area contributed by atoms with Crippen molar-refractivity contribution in [2.45, 2.75) is 39.3 Å². The van der Waals surface area contributed by atoms with Crippen LogP contribution in [0.15, 0.2) is 18.2 Å². The van der Waals surface area contributed by atoms with Crippen molar-refractivity contribution in [3.8, 4) is 11.5 Å². The number of methoxy groups -OCH3 is 2. The van der Waals surface area contributed by atoms with Gasteiger partial charge in [0, 0.05) is 11.6 Å². The van der Waals surface area contributed by atoms with Gasteiger partial charge in [-0.2, -0.15) is 0 Å². The van der Waals surface area contributed by atoms with Crippen molar-refractivity contribution in [2.75, 3.05) is 20.8 Å². The maximum Gasteiger partial charge on any atom is 0.124 e. The minimum Gasteiger partial charge on any atom is -0.497 e. The molecule has 0 aliphatic heterocycles. The maximum absolute atomic E-state index is 10.7. The Balaban J connectivity index is 3.05. The van der Waals surface area contributed by atoms with E-state index >= 15 is 0 Å². The Hall–Kier alpha value is -1.26. The third kappa shape index (κ3) is 4.12. The molecule has 1 rings (SSSR count). The maximum atomic E-state index is 10.7. The molecule has 0 bridgehead atoms. The smallest absolute Gasteiger partial charge is 0.124 e. The summed E-state index contributed by atoms with van der Waals surface area (Å²) in [5, 5.41) is 14.1. The molecule has 0 aromatic heterocycles. The molecule has 0 spiro atoms. The van der Waals surface area contributed by atoms with Gasteiger partial charge in [-0.15, -0.1) is 0 Å². The van der Waals surface area contributed by atoms with E-state index in [2.05, 4.69) is 26.1 Å². The summed E-state index contributed by atoms with van der Waals surface area (Å²) in [6.07, 6.45) is 0.400. The zero-order valence-electron chi connectivity index (χ0n) is 13.1. The molecule has 0 aliphatic rings. The van der Waals surface area contributed by atoms with E-state index in [0.717, 1.165) is 24.3 Å². The first-order valence-corrected chi connectivity index (χ1v) is 7.18. The zero-order chi connectivity index (χ0) is 15.1. The number of benzene rings is 1. The third-order valence-electron chi connectivity index (χ3n) is 3.44. The molecule has 2 N–H and O–H groups in total. The summed E-state index contributed by atoms with van der Waals surface area (Å²) in [4.78, 5) is 0. The van der Waals surface area contributed by atoms with Gasteiger partial charge in [0.2, 0.25) is 0 Å². The van der Waals surface area contributed by atoms with E-state index in [-0.39, 0.29) is 6.04 Å². The van der Waals surface area contributed by atoms with Crippen molar-refractivity contribution in [3.05, 3.63) is 23.8 Å². The molecule has 1 aromatic rings. The fourth-order valence-electron chi connectivity index (χ4n) is 2.29. The number of nitrogens with one attached hydrogen (secondary N) is 1. The van der Waals surface area contributed by atoms with Gasteiger partial charge in [0.15, 0.2) is 0 Å². The van der Waals surface area contributed by atoms with Gasteiger partial charge in [-0.25, -0.2) is 0 Å². The molecule has 4 nitrogen and oxygen atoms in total. The van der Waals surface area contributed by atoms with Crippen LogP contribution < -0.4 is 14.8 Å². The van der Waals surface area contributed by atoms with Gasteiger partial charge in [-0.3, -0.25) is 0 Å². The molecule has 0 radical (unpaired) electrons. The molecule has 114 valence electrons. The predicted octanol–water partition coefficient (Wildman–Crippen LogP) is 2.76. The average Bonchev–Trinajstić information content (AvgIpc) is 2.46. The second-order valence-corrected chi connectivity index (χ2v) is 5.28. The largest absolute Gasteiger partial charge is 0.497 e. The minimum absolute atomic E-state index is 0.0176. The van der Waals surface area contributed by atoms with Crippen LogP contribution in [0.3, 0.4) is 0 Å². The highest BCUT2D eigenvalue weighted by molar-refractivity contribution is 5.42. The monoisotopic (exact) mass is 281 g/mol. The molecule has 1 aromatic carbocycles. The number of aliphatic hydroxyl groups is 1. The van der Waals surface area contributed by atoms with Crippen LogP contribution in [0.25, 0.3) is 0 Å². The summed E-state index contributed by atoms with van der Waals surface area (Å²) in [5.41, 5.74) is 0.758. The Labute approximate surface area is 122 Å². The van der Waals surface area contributed by atoms with Crippen molar-refractivity contribution in [3.63, 3.8) is 0 Å². The van der Waals surface area contributed by atoms with Crippen molar-refractivity contribution in [2.24, 2.45) is 5.92 Å². The Morgan fingerprint density at radius 1 is 1.20 bits per heavy atom. The Bertz CT molecular complexity index is 407. The van der Waals surface area contributed by atoms with E-state index in [9.17, 15) is 5.11 Å². The van der Waals surface area contributed by atoms with E-state index < -0.39 is 6.10 Å². The predicted molar refractivity (Wildman–Crippen MR) is 81.4 cm³/mol. The van der Waals surface area contributed by atoms with Crippen LogP contribution in [0.2, 0.25) is 0 Å². The summed E-state index contributed by atoms with van der Waals surface area (Å²) in [7, 11) is 3.23. The van der Waals surface area contributed by atoms with Crippen LogP contribution in [0.5, 0.6) is 11.5 Å². The van der Waals surface area contributed by atoms with Crippen molar-refractivity contribution in [1.82, 2.24) is 5.32 Å². The van der Waals surface area contributed by atoms with E-state index in [1.165, 1.54) is 0 Å². The van der Waals surface area contributed by atoms with Gasteiger partial charge in [-0.05, 0) is 37.1 Å². The highest BCUT2D eigenvalue weighted by Gasteiger charge is 2.26. The van der Waals surface area contributed by atoms with E-state index in [4.69, 9.17) is 9.47 Å². The normalized spacial score (nSPS) is 14.2. The molecule has 2 unspecified atom stereocenters. The molecule has 0 fully saturated rings. The lowest BCUT2D eigenvalue weighted by Gasteiger charge is -2.29. The molecule has 0 saturated carbocycles. The molecule has 0 amide bonds. The van der Waals surface area contributed by atoms with E-state index in [1.807, 2.05) is 18.2 Å². The van der Waals surface area contributed by atoms with Crippen LogP contribution in [-0.4, -0.2) is 31.9 Å². The lowest BCUT2D eigenvalue weighted by molar-refractivity contribution is 0.102. The summed E-state index contributed by atoms with van der Waals surface area (Å²) in [5.74, 6) is 1.72. The Kier molecular flexibility index (Phi) is 6.82. The number of aliphatic hydroxyl groups excluding tert-OH is 1. The quantitative estimate of drug-likeness (QED) is 0.769. The molecule has 4 heteroatoms. The Morgan fingerprint density at radius 2 is 1.90 bits per heavy atom. The van der Waals surface area contributed by atoms with Gasteiger partial charge in [0.1, 0.15) is 11.5 Å². The fourth-order valence-corrected chi connectivity index (χ4v) is 2.29. The first-order chi connectivity index (χ1) is 9.54. The number of rotatable bonds is 8. The number of hydrogen-bond acceptors (Lipinski definition) is 4. The highest BCUT2D eigenvalue weighted by atomic mass is 16.5. The summed E-state index contributed by atoms with van der Waals surface area (Å²) in [6, 6.07) is 5.48. The van der Waals surface area contributed by atoms with Gasteiger partial charge >= 0.3 is 0 Å².